The molecule has 0 spiro atoms. The minimum Gasteiger partial charge on any atom is -0.492 e. The molecule has 1 aromatic carbocycles. The van der Waals surface area contributed by atoms with E-state index in [1.54, 1.807) is 6.07 Å². The second kappa shape index (κ2) is 5.30. The fraction of sp³-hybridized carbons (Fsp3) is 0.0909. The van der Waals surface area contributed by atoms with Crippen LogP contribution in [-0.4, -0.2) is 11.5 Å². The first kappa shape index (κ1) is 13.4. The van der Waals surface area contributed by atoms with Crippen molar-refractivity contribution in [3.05, 3.63) is 38.9 Å². The number of H-pyrrole nitrogens is 1. The zero-order valence-corrected chi connectivity index (χ0v) is 11.2. The Bertz CT molecular complexity index is 696. The van der Waals surface area contributed by atoms with Crippen LogP contribution in [0.1, 0.15) is 5.56 Å². The van der Waals surface area contributed by atoms with Crippen LogP contribution >= 0.6 is 23.1 Å². The number of aromatic amines is 1. The van der Waals surface area contributed by atoms with Crippen LogP contribution in [0.15, 0.2) is 16.9 Å². The summed E-state index contributed by atoms with van der Waals surface area (Å²) in [6.45, 7) is 0. The van der Waals surface area contributed by atoms with E-state index in [1.807, 2.05) is 0 Å². The Hall–Kier alpha value is -2.04. The average Bonchev–Trinajstić information content (AvgIpc) is 2.69. The van der Waals surface area contributed by atoms with E-state index in [9.17, 15) is 9.18 Å². The maximum absolute atomic E-state index is 13.6. The summed E-state index contributed by atoms with van der Waals surface area (Å²) in [4.78, 5) is 11.3. The van der Waals surface area contributed by atoms with Gasteiger partial charge in [-0.2, -0.15) is 5.26 Å². The number of aromatic nitrogens is 1. The van der Waals surface area contributed by atoms with Crippen molar-refractivity contribution in [2.75, 3.05) is 12.4 Å². The molecule has 2 aromatic rings. The van der Waals surface area contributed by atoms with Crippen LogP contribution in [0, 0.1) is 17.1 Å². The standard InChI is InChI=1S/C11H7ClFN3O2S/c1-18-9-7(12)2-5(3-8(9)13)15-11-6(4-14)10(17)16-19-11/h2-3,15H,1H3,(H,16,17). The predicted octanol–water partition coefficient (Wildman–Crippen LogP) is 2.85. The summed E-state index contributed by atoms with van der Waals surface area (Å²) in [5.41, 5.74) is -0.234. The average molecular weight is 300 g/mol. The van der Waals surface area contributed by atoms with Crippen molar-refractivity contribution >= 4 is 33.8 Å². The topological polar surface area (TPSA) is 77.9 Å². The number of nitrogens with zero attached hydrogens (tertiary/aromatic N) is 1. The molecule has 0 aliphatic heterocycles. The van der Waals surface area contributed by atoms with E-state index in [2.05, 4.69) is 9.69 Å². The Morgan fingerprint density at radius 2 is 2.32 bits per heavy atom. The number of halogens is 2. The molecular weight excluding hydrogens is 293 g/mol. The van der Waals surface area contributed by atoms with Crippen molar-refractivity contribution in [1.29, 1.82) is 5.26 Å². The van der Waals surface area contributed by atoms with Crippen LogP contribution < -0.4 is 15.6 Å². The molecule has 1 aromatic heterocycles. The lowest BCUT2D eigenvalue weighted by Gasteiger charge is -2.08. The molecule has 0 unspecified atom stereocenters. The Balaban J connectivity index is 2.40. The van der Waals surface area contributed by atoms with E-state index in [-0.39, 0.29) is 16.3 Å². The van der Waals surface area contributed by atoms with Gasteiger partial charge < -0.3 is 10.1 Å². The third kappa shape index (κ3) is 2.54. The molecule has 0 fully saturated rings. The lowest BCUT2D eigenvalue weighted by Crippen LogP contribution is -2.03. The molecule has 0 aliphatic rings. The minimum absolute atomic E-state index is 0.0580. The number of anilines is 2. The number of methoxy groups -OCH3 is 1. The van der Waals surface area contributed by atoms with E-state index < -0.39 is 11.4 Å². The summed E-state index contributed by atoms with van der Waals surface area (Å²) in [7, 11) is 1.31. The van der Waals surface area contributed by atoms with E-state index in [1.165, 1.54) is 13.2 Å². The molecule has 0 aliphatic carbocycles. The van der Waals surface area contributed by atoms with Gasteiger partial charge in [-0.25, -0.2) is 4.39 Å². The normalized spacial score (nSPS) is 10.0. The molecule has 19 heavy (non-hydrogen) atoms. The summed E-state index contributed by atoms with van der Waals surface area (Å²) in [5, 5.41) is 12.0. The molecular formula is C11H7ClFN3O2S. The van der Waals surface area contributed by atoms with Crippen LogP contribution in [0.3, 0.4) is 0 Å². The smallest absolute Gasteiger partial charge is 0.278 e. The van der Waals surface area contributed by atoms with Crippen molar-refractivity contribution in [3.63, 3.8) is 0 Å². The Kier molecular flexibility index (Phi) is 3.74. The highest BCUT2D eigenvalue weighted by Crippen LogP contribution is 2.32. The maximum atomic E-state index is 13.6. The molecule has 0 atom stereocenters. The molecule has 98 valence electrons. The highest BCUT2D eigenvalue weighted by Gasteiger charge is 2.13. The van der Waals surface area contributed by atoms with Gasteiger partial charge >= 0.3 is 0 Å². The van der Waals surface area contributed by atoms with E-state index in [0.717, 1.165) is 17.6 Å². The number of hydrogen-bond donors (Lipinski definition) is 2. The second-order valence-electron chi connectivity index (χ2n) is 3.45. The number of ether oxygens (including phenoxy) is 1. The second-order valence-corrected chi connectivity index (χ2v) is 4.67. The molecule has 8 heteroatoms. The molecule has 2 N–H and O–H groups in total. The van der Waals surface area contributed by atoms with Gasteiger partial charge in [0.05, 0.1) is 12.1 Å². The minimum atomic E-state index is -0.640. The predicted molar refractivity (Wildman–Crippen MR) is 70.9 cm³/mol. The van der Waals surface area contributed by atoms with Gasteiger partial charge in [-0.05, 0) is 17.6 Å². The number of rotatable bonds is 3. The molecule has 0 saturated heterocycles. The molecule has 1 heterocycles. The van der Waals surface area contributed by atoms with Crippen molar-refractivity contribution in [3.8, 4) is 11.8 Å². The van der Waals surface area contributed by atoms with Gasteiger partial charge in [0.15, 0.2) is 17.1 Å². The molecule has 2 rings (SSSR count). The van der Waals surface area contributed by atoms with E-state index in [4.69, 9.17) is 21.6 Å². The highest BCUT2D eigenvalue weighted by molar-refractivity contribution is 7.10. The van der Waals surface area contributed by atoms with Gasteiger partial charge in [-0.15, -0.1) is 0 Å². The quantitative estimate of drug-likeness (QED) is 0.913. The summed E-state index contributed by atoms with van der Waals surface area (Å²) in [5.74, 6) is -0.700. The fourth-order valence-electron chi connectivity index (χ4n) is 1.45. The monoisotopic (exact) mass is 299 g/mol. The number of nitriles is 1. The lowest BCUT2D eigenvalue weighted by molar-refractivity contribution is 0.387. The van der Waals surface area contributed by atoms with Gasteiger partial charge in [0.2, 0.25) is 0 Å². The maximum Gasteiger partial charge on any atom is 0.278 e. The Labute approximate surface area is 116 Å². The third-order valence-electron chi connectivity index (χ3n) is 2.27. The first-order valence-corrected chi connectivity index (χ1v) is 6.18. The van der Waals surface area contributed by atoms with Crippen LogP contribution in [0.5, 0.6) is 5.75 Å². The summed E-state index contributed by atoms with van der Waals surface area (Å²) in [6, 6.07) is 4.37. The number of nitrogens with one attached hydrogen (secondary N) is 2. The Morgan fingerprint density at radius 3 is 2.89 bits per heavy atom. The molecule has 5 nitrogen and oxygen atoms in total. The zero-order chi connectivity index (χ0) is 14.0. The van der Waals surface area contributed by atoms with Gasteiger partial charge in [-0.3, -0.25) is 9.17 Å². The van der Waals surface area contributed by atoms with Crippen molar-refractivity contribution in [2.24, 2.45) is 0 Å². The van der Waals surface area contributed by atoms with E-state index in [0.29, 0.717) is 10.7 Å². The van der Waals surface area contributed by atoms with Crippen LogP contribution in [0.4, 0.5) is 15.1 Å². The van der Waals surface area contributed by atoms with E-state index >= 15 is 0 Å². The zero-order valence-electron chi connectivity index (χ0n) is 9.58. The summed E-state index contributed by atoms with van der Waals surface area (Å²) >= 11 is 6.79. The van der Waals surface area contributed by atoms with Gasteiger partial charge in [0.1, 0.15) is 11.1 Å². The van der Waals surface area contributed by atoms with Gasteiger partial charge in [0.25, 0.3) is 5.56 Å². The van der Waals surface area contributed by atoms with Crippen molar-refractivity contribution < 1.29 is 9.13 Å². The fourth-order valence-corrected chi connectivity index (χ4v) is 2.44. The largest absolute Gasteiger partial charge is 0.492 e. The first-order valence-electron chi connectivity index (χ1n) is 4.98. The molecule has 0 saturated carbocycles. The van der Waals surface area contributed by atoms with Gasteiger partial charge in [0, 0.05) is 11.8 Å². The molecule has 0 bridgehead atoms. The van der Waals surface area contributed by atoms with Crippen LogP contribution in [-0.2, 0) is 0 Å². The van der Waals surface area contributed by atoms with Crippen LogP contribution in [0.2, 0.25) is 5.02 Å². The highest BCUT2D eigenvalue weighted by atomic mass is 35.5. The number of benzene rings is 1. The van der Waals surface area contributed by atoms with Gasteiger partial charge in [-0.1, -0.05) is 11.6 Å². The molecule has 0 amide bonds. The number of hydrogen-bond acceptors (Lipinski definition) is 5. The molecule has 0 radical (unpaired) electrons. The third-order valence-corrected chi connectivity index (χ3v) is 3.35. The summed E-state index contributed by atoms with van der Waals surface area (Å²) in [6.07, 6.45) is 0. The van der Waals surface area contributed by atoms with Crippen molar-refractivity contribution in [2.45, 2.75) is 0 Å². The van der Waals surface area contributed by atoms with Crippen molar-refractivity contribution in [1.82, 2.24) is 4.37 Å². The summed E-state index contributed by atoms with van der Waals surface area (Å²) < 4.78 is 20.8. The SMILES string of the molecule is COc1c(F)cc(Nc2s[nH]c(=O)c2C#N)cc1Cl. The first-order chi connectivity index (χ1) is 9.06. The van der Waals surface area contributed by atoms with Crippen LogP contribution in [0.25, 0.3) is 0 Å². The Morgan fingerprint density at radius 1 is 1.58 bits per heavy atom. The lowest BCUT2D eigenvalue weighted by atomic mass is 10.2.